The molecule has 5 nitrogen and oxygen atoms in total. The highest BCUT2D eigenvalue weighted by molar-refractivity contribution is 6.00. The van der Waals surface area contributed by atoms with Gasteiger partial charge in [-0.15, -0.1) is 0 Å². The van der Waals surface area contributed by atoms with Gasteiger partial charge in [-0.1, -0.05) is 36.4 Å². The normalized spacial score (nSPS) is 13.7. The number of esters is 1. The molecule has 1 aliphatic heterocycles. The summed E-state index contributed by atoms with van der Waals surface area (Å²) in [6, 6.07) is 15.4. The number of nitrogens with zero attached hydrogens (tertiary/aromatic N) is 1. The number of furan rings is 1. The van der Waals surface area contributed by atoms with E-state index in [-0.39, 0.29) is 19.1 Å². The van der Waals surface area contributed by atoms with Gasteiger partial charge in [0.25, 0.3) is 0 Å². The summed E-state index contributed by atoms with van der Waals surface area (Å²) in [7, 11) is 0. The van der Waals surface area contributed by atoms with Gasteiger partial charge in [0, 0.05) is 23.1 Å². The fourth-order valence-corrected chi connectivity index (χ4v) is 3.35. The highest BCUT2D eigenvalue weighted by atomic mass is 16.5. The molecule has 0 unspecified atom stereocenters. The Morgan fingerprint density at radius 1 is 1.12 bits per heavy atom. The van der Waals surface area contributed by atoms with Crippen LogP contribution in [0.5, 0.6) is 0 Å². The smallest absolute Gasteiger partial charge is 0.326 e. The molecule has 0 aliphatic carbocycles. The highest BCUT2D eigenvalue weighted by Gasteiger charge is 2.26. The van der Waals surface area contributed by atoms with Gasteiger partial charge in [0.1, 0.15) is 24.5 Å². The van der Waals surface area contributed by atoms with Crippen LogP contribution in [0.2, 0.25) is 0 Å². The molecule has 0 fully saturated rings. The summed E-state index contributed by atoms with van der Waals surface area (Å²) in [5.41, 5.74) is 3.61. The van der Waals surface area contributed by atoms with Crippen molar-refractivity contribution in [3.8, 4) is 0 Å². The average molecular weight is 349 g/mol. The van der Waals surface area contributed by atoms with Gasteiger partial charge in [-0.25, -0.2) is 0 Å². The monoisotopic (exact) mass is 349 g/mol. The number of carbonyl (C=O) groups is 2. The second-order valence-electron chi connectivity index (χ2n) is 6.42. The molecule has 2 aromatic carbocycles. The van der Waals surface area contributed by atoms with Crippen LogP contribution in [0.3, 0.4) is 0 Å². The van der Waals surface area contributed by atoms with E-state index in [9.17, 15) is 9.59 Å². The van der Waals surface area contributed by atoms with Gasteiger partial charge in [0.2, 0.25) is 5.91 Å². The summed E-state index contributed by atoms with van der Waals surface area (Å²) in [5.74, 6) is 0.125. The van der Waals surface area contributed by atoms with Gasteiger partial charge in [-0.2, -0.15) is 0 Å². The number of hydrogen-bond acceptors (Lipinski definition) is 4. The molecule has 26 heavy (non-hydrogen) atoms. The molecule has 0 atom stereocenters. The highest BCUT2D eigenvalue weighted by Crippen LogP contribution is 2.28. The Bertz CT molecular complexity index is 989. The summed E-state index contributed by atoms with van der Waals surface area (Å²) in [6.45, 7) is 1.91. The molecule has 3 aromatic rings. The summed E-state index contributed by atoms with van der Waals surface area (Å²) >= 11 is 0. The number of carbonyl (C=O) groups excluding carboxylic acids is 2. The Labute approximate surface area is 151 Å². The van der Waals surface area contributed by atoms with Crippen LogP contribution in [0.1, 0.15) is 23.3 Å². The van der Waals surface area contributed by atoms with E-state index in [2.05, 4.69) is 0 Å². The minimum atomic E-state index is -0.449. The molecule has 0 spiro atoms. The number of fused-ring (bicyclic) bond motifs is 2. The number of rotatable bonds is 4. The Kier molecular flexibility index (Phi) is 4.21. The van der Waals surface area contributed by atoms with Crippen LogP contribution in [0, 0.1) is 6.92 Å². The molecule has 132 valence electrons. The first-order valence-corrected chi connectivity index (χ1v) is 8.64. The predicted octanol–water partition coefficient (Wildman–Crippen LogP) is 3.76. The largest absolute Gasteiger partial charge is 0.457 e. The van der Waals surface area contributed by atoms with Crippen LogP contribution in [0.4, 0.5) is 5.69 Å². The van der Waals surface area contributed by atoms with E-state index in [1.165, 1.54) is 4.90 Å². The third-order valence-electron chi connectivity index (χ3n) is 4.79. The Morgan fingerprint density at radius 3 is 2.73 bits per heavy atom. The Balaban J connectivity index is 1.46. The fourth-order valence-electron chi connectivity index (χ4n) is 3.35. The molecular weight excluding hydrogens is 330 g/mol. The molecule has 1 aromatic heterocycles. The quantitative estimate of drug-likeness (QED) is 0.673. The minimum absolute atomic E-state index is 0.0550. The van der Waals surface area contributed by atoms with E-state index in [0.29, 0.717) is 18.6 Å². The van der Waals surface area contributed by atoms with E-state index in [0.717, 1.165) is 27.8 Å². The zero-order chi connectivity index (χ0) is 18.1. The van der Waals surface area contributed by atoms with Crippen LogP contribution in [0.25, 0.3) is 11.0 Å². The lowest BCUT2D eigenvalue weighted by Gasteiger charge is -2.28. The number of benzene rings is 2. The molecule has 0 radical (unpaired) electrons. The van der Waals surface area contributed by atoms with E-state index in [1.807, 2.05) is 55.5 Å². The molecule has 0 bridgehead atoms. The van der Waals surface area contributed by atoms with Gasteiger partial charge < -0.3 is 14.1 Å². The summed E-state index contributed by atoms with van der Waals surface area (Å²) in [6.07, 6.45) is 1.12. The molecule has 1 aliphatic rings. The SMILES string of the molecule is Cc1c(COC(=O)CN2C(=O)CCc3ccccc32)oc2ccccc12. The maximum absolute atomic E-state index is 12.3. The van der Waals surface area contributed by atoms with Crippen molar-refractivity contribution < 1.29 is 18.7 Å². The zero-order valence-corrected chi connectivity index (χ0v) is 14.5. The van der Waals surface area contributed by atoms with Crippen LogP contribution in [0.15, 0.2) is 52.9 Å². The minimum Gasteiger partial charge on any atom is -0.457 e. The van der Waals surface area contributed by atoms with Crippen molar-refractivity contribution in [1.29, 1.82) is 0 Å². The van der Waals surface area contributed by atoms with E-state index < -0.39 is 5.97 Å². The maximum atomic E-state index is 12.3. The van der Waals surface area contributed by atoms with Crippen LogP contribution in [-0.2, 0) is 27.4 Å². The van der Waals surface area contributed by atoms with Crippen LogP contribution >= 0.6 is 0 Å². The lowest BCUT2D eigenvalue weighted by atomic mass is 10.0. The number of amides is 1. The fraction of sp³-hybridized carbons (Fsp3) is 0.238. The average Bonchev–Trinajstić information content (AvgIpc) is 2.99. The second-order valence-corrected chi connectivity index (χ2v) is 6.42. The molecule has 4 rings (SSSR count). The molecule has 1 amide bonds. The third kappa shape index (κ3) is 2.96. The number of hydrogen-bond donors (Lipinski definition) is 0. The summed E-state index contributed by atoms with van der Waals surface area (Å²) in [4.78, 5) is 26.1. The molecule has 0 saturated heterocycles. The lowest BCUT2D eigenvalue weighted by Crippen LogP contribution is -2.39. The van der Waals surface area contributed by atoms with Gasteiger partial charge in [-0.3, -0.25) is 9.59 Å². The number of anilines is 1. The van der Waals surface area contributed by atoms with Crippen molar-refractivity contribution in [1.82, 2.24) is 0 Å². The first-order valence-electron chi connectivity index (χ1n) is 8.64. The second kappa shape index (κ2) is 6.67. The summed E-state index contributed by atoms with van der Waals surface area (Å²) < 4.78 is 11.1. The van der Waals surface area contributed by atoms with Crippen molar-refractivity contribution in [3.05, 3.63) is 65.4 Å². The van der Waals surface area contributed by atoms with Crippen molar-refractivity contribution in [2.45, 2.75) is 26.4 Å². The predicted molar refractivity (Wildman–Crippen MR) is 97.9 cm³/mol. The van der Waals surface area contributed by atoms with Crippen molar-refractivity contribution in [2.24, 2.45) is 0 Å². The molecule has 5 heteroatoms. The van der Waals surface area contributed by atoms with Gasteiger partial charge >= 0.3 is 5.97 Å². The van der Waals surface area contributed by atoms with E-state index >= 15 is 0 Å². The van der Waals surface area contributed by atoms with Gasteiger partial charge in [0.15, 0.2) is 0 Å². The van der Waals surface area contributed by atoms with Crippen molar-refractivity contribution in [2.75, 3.05) is 11.4 Å². The van der Waals surface area contributed by atoms with Gasteiger partial charge in [-0.05, 0) is 31.0 Å². The van der Waals surface area contributed by atoms with Gasteiger partial charge in [0.05, 0.1) is 0 Å². The van der Waals surface area contributed by atoms with Crippen molar-refractivity contribution in [3.63, 3.8) is 0 Å². The third-order valence-corrected chi connectivity index (χ3v) is 4.79. The number of aryl methyl sites for hydroxylation is 2. The van der Waals surface area contributed by atoms with Crippen molar-refractivity contribution >= 4 is 28.5 Å². The lowest BCUT2D eigenvalue weighted by molar-refractivity contribution is -0.144. The van der Waals surface area contributed by atoms with E-state index in [1.54, 1.807) is 0 Å². The van der Waals surface area contributed by atoms with Crippen LogP contribution < -0.4 is 4.90 Å². The molecule has 0 saturated carbocycles. The molecular formula is C21H19NO4. The molecule has 0 N–H and O–H groups in total. The van der Waals surface area contributed by atoms with E-state index in [4.69, 9.17) is 9.15 Å². The summed E-state index contributed by atoms with van der Waals surface area (Å²) in [5, 5.41) is 1.01. The zero-order valence-electron chi connectivity index (χ0n) is 14.5. The first kappa shape index (κ1) is 16.4. The Hall–Kier alpha value is -3.08. The number of para-hydroxylation sites is 2. The maximum Gasteiger partial charge on any atom is 0.326 e. The van der Waals surface area contributed by atoms with Crippen LogP contribution in [-0.4, -0.2) is 18.4 Å². The molecule has 2 heterocycles. The standard InChI is InChI=1S/C21H19NO4/c1-14-16-7-3-5-9-18(16)26-19(14)13-25-21(24)12-22-17-8-4-2-6-15(17)10-11-20(22)23/h2-9H,10-13H2,1H3. The number of ether oxygens (including phenoxy) is 1. The topological polar surface area (TPSA) is 59.8 Å². The first-order chi connectivity index (χ1) is 12.6. The Morgan fingerprint density at radius 2 is 1.88 bits per heavy atom.